The normalized spacial score (nSPS) is 27.9. The quantitative estimate of drug-likeness (QED) is 0.741. The first-order valence-electron chi connectivity index (χ1n) is 5.77. The molecule has 0 amide bonds. The fourth-order valence-corrected chi connectivity index (χ4v) is 3.24. The van der Waals surface area contributed by atoms with Gasteiger partial charge in [-0.2, -0.15) is 0 Å². The second-order valence-corrected chi connectivity index (χ2v) is 6.25. The molecule has 90 valence electrons. The minimum Gasteiger partial charge on any atom is -0.313 e. The molecule has 2 atom stereocenters. The maximum Gasteiger partial charge on any atom is 0.211 e. The molecule has 2 N–H and O–H groups in total. The largest absolute Gasteiger partial charge is 0.313 e. The number of piperidine rings is 1. The second-order valence-electron chi connectivity index (χ2n) is 4.37. The first-order valence-corrected chi connectivity index (χ1v) is 7.42. The van der Waals surface area contributed by atoms with Crippen LogP contribution < -0.4 is 10.0 Å². The van der Waals surface area contributed by atoms with E-state index < -0.39 is 10.0 Å². The summed E-state index contributed by atoms with van der Waals surface area (Å²) in [4.78, 5) is 0. The third-order valence-electron chi connectivity index (χ3n) is 2.77. The highest BCUT2D eigenvalue weighted by Gasteiger charge is 2.21. The van der Waals surface area contributed by atoms with E-state index in [0.29, 0.717) is 6.04 Å². The van der Waals surface area contributed by atoms with Crippen molar-refractivity contribution in [3.63, 3.8) is 0 Å². The molecule has 1 aliphatic heterocycles. The van der Waals surface area contributed by atoms with Crippen LogP contribution in [0.25, 0.3) is 0 Å². The van der Waals surface area contributed by atoms with Gasteiger partial charge in [0.2, 0.25) is 10.0 Å². The van der Waals surface area contributed by atoms with Crippen LogP contribution in [0.3, 0.4) is 0 Å². The van der Waals surface area contributed by atoms with E-state index in [1.165, 1.54) is 0 Å². The molecule has 1 rings (SSSR count). The van der Waals surface area contributed by atoms with Crippen LogP contribution in [-0.4, -0.2) is 32.8 Å². The summed E-state index contributed by atoms with van der Waals surface area (Å²) in [6.07, 6.45) is 3.65. The fraction of sp³-hybridized carbons (Fsp3) is 1.00. The molecule has 1 fully saturated rings. The number of hydrogen-bond acceptors (Lipinski definition) is 3. The standard InChI is InChI=1S/C10H22N2O2S/c1-3-4-7-15(13,14)12-10-6-5-9(2)11-8-10/h9-12H,3-8H2,1-2H3. The Balaban J connectivity index is 2.34. The lowest BCUT2D eigenvalue weighted by molar-refractivity contribution is 0.366. The van der Waals surface area contributed by atoms with Gasteiger partial charge in [-0.1, -0.05) is 13.3 Å². The van der Waals surface area contributed by atoms with Crippen molar-refractivity contribution < 1.29 is 8.42 Å². The van der Waals surface area contributed by atoms with E-state index in [0.717, 1.165) is 32.2 Å². The summed E-state index contributed by atoms with van der Waals surface area (Å²) >= 11 is 0. The minimum absolute atomic E-state index is 0.0862. The van der Waals surface area contributed by atoms with Gasteiger partial charge in [0, 0.05) is 18.6 Å². The second kappa shape index (κ2) is 5.82. The Kier molecular flexibility index (Phi) is 5.02. The fourth-order valence-electron chi connectivity index (χ4n) is 1.75. The summed E-state index contributed by atoms with van der Waals surface area (Å²) in [5.41, 5.74) is 0. The van der Waals surface area contributed by atoms with Gasteiger partial charge >= 0.3 is 0 Å². The van der Waals surface area contributed by atoms with E-state index in [-0.39, 0.29) is 11.8 Å². The molecule has 4 nitrogen and oxygen atoms in total. The summed E-state index contributed by atoms with van der Waals surface area (Å²) in [5, 5.41) is 3.28. The zero-order valence-corrected chi connectivity index (χ0v) is 10.4. The van der Waals surface area contributed by atoms with Gasteiger partial charge in [-0.05, 0) is 26.2 Å². The summed E-state index contributed by atoms with van der Waals surface area (Å²) in [7, 11) is -3.05. The van der Waals surface area contributed by atoms with Gasteiger partial charge in [-0.15, -0.1) is 0 Å². The lowest BCUT2D eigenvalue weighted by Gasteiger charge is -2.28. The van der Waals surface area contributed by atoms with Crippen molar-refractivity contribution in [1.29, 1.82) is 0 Å². The molecule has 0 aromatic heterocycles. The first kappa shape index (κ1) is 12.9. The number of unbranched alkanes of at least 4 members (excludes halogenated alkanes) is 1. The Morgan fingerprint density at radius 1 is 1.40 bits per heavy atom. The molecule has 1 saturated heterocycles. The van der Waals surface area contributed by atoms with E-state index >= 15 is 0 Å². The Bertz CT molecular complexity index is 269. The topological polar surface area (TPSA) is 58.2 Å². The van der Waals surface area contributed by atoms with Crippen LogP contribution in [0, 0.1) is 0 Å². The summed E-state index contributed by atoms with van der Waals surface area (Å²) in [5.74, 6) is 0.259. The van der Waals surface area contributed by atoms with Crippen molar-refractivity contribution in [2.45, 2.75) is 51.6 Å². The highest BCUT2D eigenvalue weighted by molar-refractivity contribution is 7.89. The van der Waals surface area contributed by atoms with Crippen LogP contribution >= 0.6 is 0 Å². The molecule has 5 heteroatoms. The Morgan fingerprint density at radius 2 is 2.13 bits per heavy atom. The van der Waals surface area contributed by atoms with Crippen molar-refractivity contribution in [2.75, 3.05) is 12.3 Å². The predicted octanol–water partition coefficient (Wildman–Crippen LogP) is 0.846. The molecule has 0 spiro atoms. The van der Waals surface area contributed by atoms with Crippen molar-refractivity contribution in [1.82, 2.24) is 10.0 Å². The maximum absolute atomic E-state index is 11.6. The van der Waals surface area contributed by atoms with Crippen LogP contribution in [0.15, 0.2) is 0 Å². The van der Waals surface area contributed by atoms with Gasteiger partial charge in [0.1, 0.15) is 0 Å². The van der Waals surface area contributed by atoms with Gasteiger partial charge in [0.05, 0.1) is 5.75 Å². The molecule has 0 saturated carbocycles. The number of sulfonamides is 1. The van der Waals surface area contributed by atoms with E-state index in [2.05, 4.69) is 17.0 Å². The van der Waals surface area contributed by atoms with E-state index in [1.807, 2.05) is 6.92 Å². The molecule has 2 unspecified atom stereocenters. The molecule has 1 heterocycles. The van der Waals surface area contributed by atoms with Crippen molar-refractivity contribution >= 4 is 10.0 Å². The van der Waals surface area contributed by atoms with Gasteiger partial charge in [0.15, 0.2) is 0 Å². The lowest BCUT2D eigenvalue weighted by atomic mass is 10.0. The Labute approximate surface area is 92.9 Å². The SMILES string of the molecule is CCCCS(=O)(=O)NC1CCC(C)NC1. The van der Waals surface area contributed by atoms with Crippen molar-refractivity contribution in [3.05, 3.63) is 0 Å². The third kappa shape index (κ3) is 4.95. The molecule has 0 radical (unpaired) electrons. The van der Waals surface area contributed by atoms with Crippen LogP contribution in [0.4, 0.5) is 0 Å². The number of rotatable bonds is 5. The lowest BCUT2D eigenvalue weighted by Crippen LogP contribution is -2.49. The van der Waals surface area contributed by atoms with Gasteiger partial charge in [-0.25, -0.2) is 13.1 Å². The van der Waals surface area contributed by atoms with Crippen LogP contribution in [0.2, 0.25) is 0 Å². The van der Waals surface area contributed by atoms with Gasteiger partial charge < -0.3 is 5.32 Å². The van der Waals surface area contributed by atoms with Crippen molar-refractivity contribution in [2.24, 2.45) is 0 Å². The van der Waals surface area contributed by atoms with Crippen LogP contribution in [-0.2, 0) is 10.0 Å². The summed E-state index contributed by atoms with van der Waals surface area (Å²) in [6, 6.07) is 0.601. The number of nitrogens with one attached hydrogen (secondary N) is 2. The highest BCUT2D eigenvalue weighted by atomic mass is 32.2. The van der Waals surface area contributed by atoms with Crippen LogP contribution in [0.1, 0.15) is 39.5 Å². The molecule has 0 aliphatic carbocycles. The zero-order chi connectivity index (χ0) is 11.3. The predicted molar refractivity (Wildman–Crippen MR) is 62.3 cm³/mol. The van der Waals surface area contributed by atoms with Crippen LogP contribution in [0.5, 0.6) is 0 Å². The summed E-state index contributed by atoms with van der Waals surface area (Å²) < 4.78 is 26.0. The zero-order valence-electron chi connectivity index (χ0n) is 9.62. The molecular weight excluding hydrogens is 212 g/mol. The van der Waals surface area contributed by atoms with Gasteiger partial charge in [-0.3, -0.25) is 0 Å². The van der Waals surface area contributed by atoms with Crippen molar-refractivity contribution in [3.8, 4) is 0 Å². The Hall–Kier alpha value is -0.130. The molecular formula is C10H22N2O2S. The van der Waals surface area contributed by atoms with E-state index in [4.69, 9.17) is 0 Å². The average Bonchev–Trinajstić information content (AvgIpc) is 2.18. The molecule has 0 aromatic carbocycles. The van der Waals surface area contributed by atoms with Gasteiger partial charge in [0.25, 0.3) is 0 Å². The Morgan fingerprint density at radius 3 is 2.67 bits per heavy atom. The maximum atomic E-state index is 11.6. The highest BCUT2D eigenvalue weighted by Crippen LogP contribution is 2.08. The monoisotopic (exact) mass is 234 g/mol. The van der Waals surface area contributed by atoms with E-state index in [9.17, 15) is 8.42 Å². The van der Waals surface area contributed by atoms with E-state index in [1.54, 1.807) is 0 Å². The molecule has 0 bridgehead atoms. The summed E-state index contributed by atoms with van der Waals surface area (Å²) in [6.45, 7) is 4.88. The first-order chi connectivity index (χ1) is 7.03. The number of hydrogen-bond donors (Lipinski definition) is 2. The third-order valence-corrected chi connectivity index (χ3v) is 4.29. The smallest absolute Gasteiger partial charge is 0.211 e. The molecule has 0 aromatic rings. The molecule has 1 aliphatic rings. The molecule has 15 heavy (non-hydrogen) atoms. The minimum atomic E-state index is -3.05. The average molecular weight is 234 g/mol.